The lowest BCUT2D eigenvalue weighted by Crippen LogP contribution is -2.27. The fraction of sp³-hybridized carbons (Fsp3) is 0.875. The largest absolute Gasteiger partial charge is 0.393 e. The van der Waals surface area contributed by atoms with E-state index in [0.717, 1.165) is 19.5 Å². The van der Waals surface area contributed by atoms with Crippen LogP contribution in [-0.2, 0) is 4.79 Å². The van der Waals surface area contributed by atoms with Gasteiger partial charge in [0.1, 0.15) is 0 Å². The fourth-order valence-corrected chi connectivity index (χ4v) is 1.28. The zero-order valence-corrected chi connectivity index (χ0v) is 6.92. The van der Waals surface area contributed by atoms with Crippen molar-refractivity contribution >= 4 is 5.91 Å². The summed E-state index contributed by atoms with van der Waals surface area (Å²) in [4.78, 5) is 12.9. The van der Waals surface area contributed by atoms with E-state index in [0.29, 0.717) is 12.8 Å². The molecule has 64 valence electrons. The van der Waals surface area contributed by atoms with Crippen molar-refractivity contribution in [1.82, 2.24) is 4.90 Å². The molecule has 1 heterocycles. The van der Waals surface area contributed by atoms with E-state index >= 15 is 0 Å². The number of hydrogen-bond donors (Lipinski definition) is 1. The van der Waals surface area contributed by atoms with Crippen LogP contribution in [0.5, 0.6) is 0 Å². The van der Waals surface area contributed by atoms with Crippen LogP contribution in [0.4, 0.5) is 0 Å². The van der Waals surface area contributed by atoms with Crippen LogP contribution in [0.2, 0.25) is 0 Å². The molecule has 1 aliphatic rings. The minimum absolute atomic E-state index is 0.241. The Morgan fingerprint density at radius 1 is 1.73 bits per heavy atom. The summed E-state index contributed by atoms with van der Waals surface area (Å²) in [5.41, 5.74) is 0. The van der Waals surface area contributed by atoms with Crippen molar-refractivity contribution in [3.63, 3.8) is 0 Å². The summed E-state index contributed by atoms with van der Waals surface area (Å²) in [5, 5.41) is 8.96. The highest BCUT2D eigenvalue weighted by molar-refractivity contribution is 5.77. The van der Waals surface area contributed by atoms with Gasteiger partial charge in [-0.15, -0.1) is 0 Å². The van der Waals surface area contributed by atoms with Crippen LogP contribution in [0, 0.1) is 0 Å². The number of amides is 1. The number of hydrogen-bond acceptors (Lipinski definition) is 2. The predicted molar refractivity (Wildman–Crippen MR) is 42.1 cm³/mol. The van der Waals surface area contributed by atoms with Crippen LogP contribution in [0.3, 0.4) is 0 Å². The van der Waals surface area contributed by atoms with Gasteiger partial charge in [-0.3, -0.25) is 4.79 Å². The average molecular weight is 157 g/mol. The van der Waals surface area contributed by atoms with Crippen molar-refractivity contribution in [1.29, 1.82) is 0 Å². The van der Waals surface area contributed by atoms with E-state index in [-0.39, 0.29) is 12.0 Å². The van der Waals surface area contributed by atoms with Crippen molar-refractivity contribution < 1.29 is 9.90 Å². The highest BCUT2D eigenvalue weighted by Gasteiger charge is 2.19. The first-order valence-corrected chi connectivity index (χ1v) is 4.16. The van der Waals surface area contributed by atoms with E-state index in [1.54, 1.807) is 6.92 Å². The lowest BCUT2D eigenvalue weighted by molar-refractivity contribution is -0.127. The van der Waals surface area contributed by atoms with Crippen molar-refractivity contribution in [3.05, 3.63) is 0 Å². The molecule has 3 nitrogen and oxygen atoms in total. The molecule has 0 spiro atoms. The molecule has 1 rings (SSSR count). The summed E-state index contributed by atoms with van der Waals surface area (Å²) in [6.07, 6.45) is 2.09. The highest BCUT2D eigenvalue weighted by Crippen LogP contribution is 2.10. The van der Waals surface area contributed by atoms with Gasteiger partial charge in [0.25, 0.3) is 0 Å². The first-order valence-electron chi connectivity index (χ1n) is 4.16. The number of aliphatic hydroxyl groups excluding tert-OH is 1. The van der Waals surface area contributed by atoms with Gasteiger partial charge in [0.05, 0.1) is 6.10 Å². The normalized spacial score (nSPS) is 20.9. The van der Waals surface area contributed by atoms with Gasteiger partial charge in [0.2, 0.25) is 5.91 Å². The molecule has 1 N–H and O–H groups in total. The maximum Gasteiger partial charge on any atom is 0.222 e. The van der Waals surface area contributed by atoms with E-state index in [2.05, 4.69) is 0 Å². The minimum Gasteiger partial charge on any atom is -0.393 e. The molecule has 0 radical (unpaired) electrons. The van der Waals surface area contributed by atoms with Gasteiger partial charge in [-0.1, -0.05) is 0 Å². The first-order chi connectivity index (χ1) is 5.20. The van der Waals surface area contributed by atoms with Gasteiger partial charge in [0.15, 0.2) is 0 Å². The van der Waals surface area contributed by atoms with E-state index < -0.39 is 0 Å². The fourth-order valence-electron chi connectivity index (χ4n) is 1.28. The summed E-state index contributed by atoms with van der Waals surface area (Å²) >= 11 is 0. The summed E-state index contributed by atoms with van der Waals surface area (Å²) in [5.74, 6) is 0.241. The molecule has 0 aromatic heterocycles. The number of carbonyl (C=O) groups excluding carboxylic acids is 1. The Bertz CT molecular complexity index is 145. The third-order valence-corrected chi connectivity index (χ3v) is 1.99. The lowest BCUT2D eigenvalue weighted by Gasteiger charge is -2.15. The summed E-state index contributed by atoms with van der Waals surface area (Å²) in [6, 6.07) is 0. The van der Waals surface area contributed by atoms with Gasteiger partial charge in [0, 0.05) is 19.5 Å². The van der Waals surface area contributed by atoms with Crippen LogP contribution < -0.4 is 0 Å². The summed E-state index contributed by atoms with van der Waals surface area (Å²) in [6.45, 7) is 3.35. The van der Waals surface area contributed by atoms with Gasteiger partial charge in [-0.25, -0.2) is 0 Å². The third-order valence-electron chi connectivity index (χ3n) is 1.99. The second-order valence-electron chi connectivity index (χ2n) is 3.12. The van der Waals surface area contributed by atoms with Crippen molar-refractivity contribution in [2.75, 3.05) is 13.1 Å². The molecule has 1 atom stereocenters. The monoisotopic (exact) mass is 157 g/mol. The van der Waals surface area contributed by atoms with E-state index in [4.69, 9.17) is 5.11 Å². The number of aliphatic hydroxyl groups is 1. The van der Waals surface area contributed by atoms with Crippen LogP contribution in [-0.4, -0.2) is 35.1 Å². The predicted octanol–water partition coefficient (Wildman–Crippen LogP) is 0.380. The molecular formula is C8H15NO2. The Labute approximate surface area is 67.0 Å². The topological polar surface area (TPSA) is 40.5 Å². The van der Waals surface area contributed by atoms with Crippen molar-refractivity contribution in [2.45, 2.75) is 32.3 Å². The van der Waals surface area contributed by atoms with E-state index in [9.17, 15) is 4.79 Å². The summed E-state index contributed by atoms with van der Waals surface area (Å²) in [7, 11) is 0. The van der Waals surface area contributed by atoms with Crippen LogP contribution >= 0.6 is 0 Å². The zero-order chi connectivity index (χ0) is 8.27. The molecule has 0 bridgehead atoms. The molecule has 0 saturated carbocycles. The Balaban J connectivity index is 2.20. The Kier molecular flexibility index (Phi) is 2.88. The van der Waals surface area contributed by atoms with Gasteiger partial charge in [-0.2, -0.15) is 0 Å². The molecule has 1 aliphatic heterocycles. The molecule has 1 saturated heterocycles. The number of nitrogens with zero attached hydrogens (tertiary/aromatic N) is 1. The second-order valence-corrected chi connectivity index (χ2v) is 3.12. The standard InChI is InChI=1S/C8H15NO2/c1-7(10)4-6-9-5-2-3-8(9)11/h7,10H,2-6H2,1H3/t7-/m0/s1. The van der Waals surface area contributed by atoms with Crippen LogP contribution in [0.25, 0.3) is 0 Å². The Morgan fingerprint density at radius 2 is 2.45 bits per heavy atom. The SMILES string of the molecule is C[C@H](O)CCN1CCCC1=O. The smallest absolute Gasteiger partial charge is 0.222 e. The third kappa shape index (κ3) is 2.50. The second kappa shape index (κ2) is 3.72. The number of carbonyl (C=O) groups is 1. The molecular weight excluding hydrogens is 142 g/mol. The maximum absolute atomic E-state index is 11.0. The van der Waals surface area contributed by atoms with Crippen LogP contribution in [0.1, 0.15) is 26.2 Å². The van der Waals surface area contributed by atoms with Gasteiger partial charge < -0.3 is 10.0 Å². The minimum atomic E-state index is -0.289. The maximum atomic E-state index is 11.0. The lowest BCUT2D eigenvalue weighted by atomic mass is 10.3. The quantitative estimate of drug-likeness (QED) is 0.643. The van der Waals surface area contributed by atoms with Crippen LogP contribution in [0.15, 0.2) is 0 Å². The van der Waals surface area contributed by atoms with Crippen molar-refractivity contribution in [2.24, 2.45) is 0 Å². The van der Waals surface area contributed by atoms with Gasteiger partial charge in [-0.05, 0) is 19.8 Å². The average Bonchev–Trinajstić information content (AvgIpc) is 2.31. The molecule has 1 fully saturated rings. The molecule has 3 heteroatoms. The molecule has 11 heavy (non-hydrogen) atoms. The summed E-state index contributed by atoms with van der Waals surface area (Å²) < 4.78 is 0. The number of likely N-dealkylation sites (tertiary alicyclic amines) is 1. The Morgan fingerprint density at radius 3 is 2.91 bits per heavy atom. The molecule has 0 aromatic carbocycles. The zero-order valence-electron chi connectivity index (χ0n) is 6.92. The molecule has 0 aromatic rings. The first kappa shape index (κ1) is 8.53. The number of rotatable bonds is 3. The molecule has 0 aliphatic carbocycles. The molecule has 1 amide bonds. The molecule has 0 unspecified atom stereocenters. The van der Waals surface area contributed by atoms with Gasteiger partial charge >= 0.3 is 0 Å². The van der Waals surface area contributed by atoms with E-state index in [1.165, 1.54) is 0 Å². The Hall–Kier alpha value is -0.570. The highest BCUT2D eigenvalue weighted by atomic mass is 16.3. The van der Waals surface area contributed by atoms with E-state index in [1.807, 2.05) is 4.90 Å². The van der Waals surface area contributed by atoms with Crippen molar-refractivity contribution in [3.8, 4) is 0 Å².